The third kappa shape index (κ3) is 3.85. The summed E-state index contributed by atoms with van der Waals surface area (Å²) in [5, 5.41) is 17.9. The lowest BCUT2D eigenvalue weighted by Gasteiger charge is -2.11. The van der Waals surface area contributed by atoms with Gasteiger partial charge >= 0.3 is 5.97 Å². The highest BCUT2D eigenvalue weighted by Crippen LogP contribution is 2.32. The average Bonchev–Trinajstić information content (AvgIpc) is 3.04. The number of carbonyl (C=O) groups is 1. The zero-order valence-corrected chi connectivity index (χ0v) is 15.6. The summed E-state index contributed by atoms with van der Waals surface area (Å²) in [6, 6.07) is 15.1. The lowest BCUT2D eigenvalue weighted by Crippen LogP contribution is -2.03. The molecular formula is C17H14BrN3O3S. The summed E-state index contributed by atoms with van der Waals surface area (Å²) in [4.78, 5) is 10.9. The van der Waals surface area contributed by atoms with Crippen LogP contribution in [0.15, 0.2) is 58.2 Å². The van der Waals surface area contributed by atoms with Crippen LogP contribution in [0.4, 0.5) is 0 Å². The van der Waals surface area contributed by atoms with Crippen molar-refractivity contribution in [3.05, 3.63) is 53.0 Å². The fourth-order valence-corrected chi connectivity index (χ4v) is 3.40. The quantitative estimate of drug-likeness (QED) is 0.610. The van der Waals surface area contributed by atoms with Gasteiger partial charge < -0.3 is 9.84 Å². The molecular weight excluding hydrogens is 406 g/mol. The number of rotatable bonds is 6. The molecule has 1 heterocycles. The van der Waals surface area contributed by atoms with Gasteiger partial charge in [0.2, 0.25) is 0 Å². The Balaban J connectivity index is 2.12. The highest BCUT2D eigenvalue weighted by atomic mass is 79.9. The molecule has 25 heavy (non-hydrogen) atoms. The molecule has 0 fully saturated rings. The molecule has 0 amide bonds. The van der Waals surface area contributed by atoms with E-state index < -0.39 is 5.97 Å². The maximum atomic E-state index is 10.9. The van der Waals surface area contributed by atoms with Crippen LogP contribution < -0.4 is 4.74 Å². The predicted octanol–water partition coefficient (Wildman–Crippen LogP) is 3.88. The number of halogens is 1. The SMILES string of the molecule is COc1ccc(-n2c(SCC(=O)O)nnc2-c2ccccc2Br)cc1. The smallest absolute Gasteiger partial charge is 0.313 e. The molecule has 2 aromatic carbocycles. The Kier molecular flexibility index (Phi) is 5.40. The Morgan fingerprint density at radius 1 is 1.20 bits per heavy atom. The summed E-state index contributed by atoms with van der Waals surface area (Å²) in [5.74, 6) is 0.366. The zero-order valence-electron chi connectivity index (χ0n) is 13.2. The number of methoxy groups -OCH3 is 1. The molecule has 128 valence electrons. The zero-order chi connectivity index (χ0) is 17.8. The normalized spacial score (nSPS) is 10.6. The molecule has 8 heteroatoms. The van der Waals surface area contributed by atoms with Crippen LogP contribution in [-0.4, -0.2) is 38.7 Å². The van der Waals surface area contributed by atoms with E-state index in [9.17, 15) is 4.79 Å². The van der Waals surface area contributed by atoms with Crippen LogP contribution >= 0.6 is 27.7 Å². The van der Waals surface area contributed by atoms with Crippen molar-refractivity contribution in [3.8, 4) is 22.8 Å². The van der Waals surface area contributed by atoms with Gasteiger partial charge in [0.1, 0.15) is 5.75 Å². The van der Waals surface area contributed by atoms with Gasteiger partial charge in [-0.25, -0.2) is 0 Å². The van der Waals surface area contributed by atoms with Crippen LogP contribution in [0.1, 0.15) is 0 Å². The number of aromatic nitrogens is 3. The van der Waals surface area contributed by atoms with E-state index >= 15 is 0 Å². The van der Waals surface area contributed by atoms with E-state index in [2.05, 4.69) is 26.1 Å². The number of ether oxygens (including phenoxy) is 1. The summed E-state index contributed by atoms with van der Waals surface area (Å²) < 4.78 is 7.92. The summed E-state index contributed by atoms with van der Waals surface area (Å²) in [6.07, 6.45) is 0. The largest absolute Gasteiger partial charge is 0.497 e. The van der Waals surface area contributed by atoms with Crippen molar-refractivity contribution in [1.82, 2.24) is 14.8 Å². The molecule has 6 nitrogen and oxygen atoms in total. The highest BCUT2D eigenvalue weighted by molar-refractivity contribution is 9.10. The first-order chi connectivity index (χ1) is 12.1. The van der Waals surface area contributed by atoms with Gasteiger partial charge in [-0.05, 0) is 30.3 Å². The number of aliphatic carboxylic acids is 1. The minimum Gasteiger partial charge on any atom is -0.497 e. The Labute approximate surface area is 157 Å². The van der Waals surface area contributed by atoms with E-state index in [4.69, 9.17) is 9.84 Å². The van der Waals surface area contributed by atoms with E-state index in [0.717, 1.165) is 33.2 Å². The van der Waals surface area contributed by atoms with Gasteiger partial charge in [-0.15, -0.1) is 10.2 Å². The second-order valence-corrected chi connectivity index (χ2v) is 6.80. The van der Waals surface area contributed by atoms with Gasteiger partial charge in [0.05, 0.1) is 12.9 Å². The number of carboxylic acid groups (broad SMARTS) is 1. The average molecular weight is 420 g/mol. The molecule has 1 N–H and O–H groups in total. The lowest BCUT2D eigenvalue weighted by molar-refractivity contribution is -0.133. The van der Waals surface area contributed by atoms with Gasteiger partial charge in [0, 0.05) is 15.7 Å². The number of hydrogen-bond acceptors (Lipinski definition) is 5. The van der Waals surface area contributed by atoms with Crippen molar-refractivity contribution in [2.45, 2.75) is 5.16 Å². The van der Waals surface area contributed by atoms with E-state index in [1.54, 1.807) is 7.11 Å². The maximum absolute atomic E-state index is 10.9. The van der Waals surface area contributed by atoms with Gasteiger partial charge in [0.15, 0.2) is 11.0 Å². The molecule has 1 aromatic heterocycles. The third-order valence-corrected chi connectivity index (χ3v) is 5.01. The number of benzene rings is 2. The van der Waals surface area contributed by atoms with Crippen LogP contribution in [0, 0.1) is 0 Å². The first-order valence-electron chi connectivity index (χ1n) is 7.29. The second kappa shape index (κ2) is 7.71. The maximum Gasteiger partial charge on any atom is 0.313 e. The molecule has 0 aliphatic carbocycles. The van der Waals surface area contributed by atoms with Crippen molar-refractivity contribution >= 4 is 33.7 Å². The lowest BCUT2D eigenvalue weighted by atomic mass is 10.2. The Morgan fingerprint density at radius 2 is 1.92 bits per heavy atom. The van der Waals surface area contributed by atoms with Crippen LogP contribution in [0.3, 0.4) is 0 Å². The molecule has 0 aliphatic heterocycles. The van der Waals surface area contributed by atoms with Crippen molar-refractivity contribution < 1.29 is 14.6 Å². The van der Waals surface area contributed by atoms with Gasteiger partial charge in [0.25, 0.3) is 0 Å². The topological polar surface area (TPSA) is 77.2 Å². The molecule has 3 aromatic rings. The van der Waals surface area contributed by atoms with Gasteiger partial charge in [-0.1, -0.05) is 45.9 Å². The number of hydrogen-bond donors (Lipinski definition) is 1. The van der Waals surface area contributed by atoms with E-state index in [-0.39, 0.29) is 5.75 Å². The Bertz CT molecular complexity index is 896. The predicted molar refractivity (Wildman–Crippen MR) is 99.4 cm³/mol. The molecule has 0 spiro atoms. The summed E-state index contributed by atoms with van der Waals surface area (Å²) in [5.41, 5.74) is 1.69. The molecule has 0 radical (unpaired) electrons. The number of nitrogens with zero attached hydrogens (tertiary/aromatic N) is 3. The Morgan fingerprint density at radius 3 is 2.56 bits per heavy atom. The summed E-state index contributed by atoms with van der Waals surface area (Å²) >= 11 is 4.66. The fourth-order valence-electron chi connectivity index (χ4n) is 2.27. The van der Waals surface area contributed by atoms with E-state index in [0.29, 0.717) is 11.0 Å². The molecule has 3 rings (SSSR count). The van der Waals surface area contributed by atoms with Crippen LogP contribution in [-0.2, 0) is 4.79 Å². The minimum absolute atomic E-state index is 0.0930. The van der Waals surface area contributed by atoms with E-state index in [1.807, 2.05) is 53.1 Å². The summed E-state index contributed by atoms with van der Waals surface area (Å²) in [6.45, 7) is 0. The summed E-state index contributed by atoms with van der Waals surface area (Å²) in [7, 11) is 1.61. The van der Waals surface area contributed by atoms with Crippen molar-refractivity contribution in [1.29, 1.82) is 0 Å². The molecule has 0 aliphatic rings. The molecule has 0 bridgehead atoms. The van der Waals surface area contributed by atoms with Gasteiger partial charge in [-0.3, -0.25) is 9.36 Å². The first kappa shape index (κ1) is 17.5. The monoisotopic (exact) mass is 419 g/mol. The molecule has 0 saturated heterocycles. The van der Waals surface area contributed by atoms with Crippen LogP contribution in [0.2, 0.25) is 0 Å². The first-order valence-corrected chi connectivity index (χ1v) is 9.07. The van der Waals surface area contributed by atoms with Crippen LogP contribution in [0.25, 0.3) is 17.1 Å². The van der Waals surface area contributed by atoms with Crippen LogP contribution in [0.5, 0.6) is 5.75 Å². The number of thioether (sulfide) groups is 1. The van der Waals surface area contributed by atoms with E-state index in [1.165, 1.54) is 0 Å². The highest BCUT2D eigenvalue weighted by Gasteiger charge is 2.18. The standard InChI is InChI=1S/C17H14BrN3O3S/c1-24-12-8-6-11(7-9-12)21-16(13-4-2-3-5-14(13)18)19-20-17(21)25-10-15(22)23/h2-9H,10H2,1H3,(H,22,23). The second-order valence-electron chi connectivity index (χ2n) is 5.00. The van der Waals surface area contributed by atoms with Crippen molar-refractivity contribution in [2.24, 2.45) is 0 Å². The van der Waals surface area contributed by atoms with Gasteiger partial charge in [-0.2, -0.15) is 0 Å². The molecule has 0 atom stereocenters. The molecule has 0 saturated carbocycles. The fraction of sp³-hybridized carbons (Fsp3) is 0.118. The number of carboxylic acids is 1. The molecule has 0 unspecified atom stereocenters. The minimum atomic E-state index is -0.906. The third-order valence-electron chi connectivity index (χ3n) is 3.40. The van der Waals surface area contributed by atoms with Crippen molar-refractivity contribution in [3.63, 3.8) is 0 Å². The Hall–Kier alpha value is -2.32. The van der Waals surface area contributed by atoms with Crippen molar-refractivity contribution in [2.75, 3.05) is 12.9 Å².